The predicted octanol–water partition coefficient (Wildman–Crippen LogP) is 1.20. The van der Waals surface area contributed by atoms with Crippen LogP contribution in [0.1, 0.15) is 11.6 Å². The highest BCUT2D eigenvalue weighted by Gasteiger charge is 2.30. The van der Waals surface area contributed by atoms with E-state index in [2.05, 4.69) is 25.4 Å². The summed E-state index contributed by atoms with van der Waals surface area (Å²) >= 11 is 0. The van der Waals surface area contributed by atoms with Crippen molar-refractivity contribution < 1.29 is 4.79 Å². The molecule has 0 N–H and O–H groups in total. The third-order valence-electron chi connectivity index (χ3n) is 4.81. The number of nitrogens with zero attached hydrogens (tertiary/aromatic N) is 7. The van der Waals surface area contributed by atoms with E-state index in [4.69, 9.17) is 0 Å². The van der Waals surface area contributed by atoms with Crippen molar-refractivity contribution >= 4 is 11.7 Å². The third kappa shape index (κ3) is 3.94. The van der Waals surface area contributed by atoms with E-state index in [1.807, 2.05) is 53.4 Å². The molecule has 4 rings (SSSR count). The van der Waals surface area contributed by atoms with Crippen LogP contribution in [0.15, 0.2) is 61.1 Å². The zero-order valence-electron chi connectivity index (χ0n) is 14.9. The Kier molecular flexibility index (Phi) is 5.04. The Morgan fingerprint density at radius 2 is 1.78 bits per heavy atom. The van der Waals surface area contributed by atoms with Crippen LogP contribution in [-0.4, -0.2) is 62.2 Å². The van der Waals surface area contributed by atoms with Crippen molar-refractivity contribution in [3.63, 3.8) is 0 Å². The highest BCUT2D eigenvalue weighted by Crippen LogP contribution is 2.19. The summed E-state index contributed by atoms with van der Waals surface area (Å²) in [5, 5.41) is 11.4. The molecular weight excluding hydrogens is 342 g/mol. The van der Waals surface area contributed by atoms with Crippen LogP contribution in [-0.2, 0) is 11.2 Å². The first-order valence-corrected chi connectivity index (χ1v) is 9.02. The average Bonchev–Trinajstić information content (AvgIpc) is 3.28. The van der Waals surface area contributed by atoms with Gasteiger partial charge in [0.1, 0.15) is 18.2 Å². The number of benzene rings is 1. The first kappa shape index (κ1) is 17.1. The molecule has 0 radical (unpaired) electrons. The minimum Gasteiger partial charge on any atom is -0.353 e. The van der Waals surface area contributed by atoms with Crippen LogP contribution in [0.3, 0.4) is 0 Å². The fourth-order valence-electron chi connectivity index (χ4n) is 3.35. The molecule has 3 heterocycles. The van der Waals surface area contributed by atoms with Gasteiger partial charge < -0.3 is 9.80 Å². The Bertz CT molecular complexity index is 846. The van der Waals surface area contributed by atoms with Gasteiger partial charge in [-0.05, 0) is 28.1 Å². The summed E-state index contributed by atoms with van der Waals surface area (Å²) in [6.07, 6.45) is 3.86. The van der Waals surface area contributed by atoms with Gasteiger partial charge in [0.25, 0.3) is 0 Å². The highest BCUT2D eigenvalue weighted by atomic mass is 16.2. The molecule has 8 nitrogen and oxygen atoms in total. The van der Waals surface area contributed by atoms with Crippen LogP contribution >= 0.6 is 0 Å². The summed E-state index contributed by atoms with van der Waals surface area (Å²) in [7, 11) is 0. The van der Waals surface area contributed by atoms with E-state index < -0.39 is 6.04 Å². The fraction of sp³-hybridized carbons (Fsp3) is 0.316. The van der Waals surface area contributed by atoms with Crippen LogP contribution in [0.4, 0.5) is 5.82 Å². The van der Waals surface area contributed by atoms with Crippen molar-refractivity contribution in [2.75, 3.05) is 31.1 Å². The van der Waals surface area contributed by atoms with Gasteiger partial charge >= 0.3 is 0 Å². The largest absolute Gasteiger partial charge is 0.353 e. The van der Waals surface area contributed by atoms with Crippen LogP contribution < -0.4 is 4.90 Å². The Hall–Kier alpha value is -3.29. The van der Waals surface area contributed by atoms with E-state index in [1.54, 1.807) is 10.9 Å². The van der Waals surface area contributed by atoms with Gasteiger partial charge in [-0.1, -0.05) is 36.4 Å². The molecule has 1 aliphatic rings. The van der Waals surface area contributed by atoms with Gasteiger partial charge in [-0.2, -0.15) is 0 Å². The lowest BCUT2D eigenvalue weighted by Crippen LogP contribution is -2.51. The topological polar surface area (TPSA) is 80.0 Å². The van der Waals surface area contributed by atoms with E-state index in [0.29, 0.717) is 19.5 Å². The molecule has 2 aromatic heterocycles. The summed E-state index contributed by atoms with van der Waals surface area (Å²) < 4.78 is 1.56. The zero-order chi connectivity index (χ0) is 18.5. The second-order valence-electron chi connectivity index (χ2n) is 6.50. The van der Waals surface area contributed by atoms with E-state index >= 15 is 0 Å². The lowest BCUT2D eigenvalue weighted by molar-refractivity contribution is -0.135. The van der Waals surface area contributed by atoms with Gasteiger partial charge in [0.05, 0.1) is 0 Å². The van der Waals surface area contributed by atoms with E-state index in [9.17, 15) is 4.79 Å². The van der Waals surface area contributed by atoms with E-state index in [1.165, 1.54) is 6.33 Å². The molecule has 1 amide bonds. The van der Waals surface area contributed by atoms with Gasteiger partial charge in [0, 0.05) is 38.8 Å². The first-order valence-electron chi connectivity index (χ1n) is 9.02. The maximum Gasteiger partial charge on any atom is 0.248 e. The lowest BCUT2D eigenvalue weighted by Gasteiger charge is -2.36. The Morgan fingerprint density at radius 1 is 1.00 bits per heavy atom. The SMILES string of the molecule is O=C(C(Cc1ccccc1)n1cnnn1)N1CCN(c2ccccn2)CC1. The maximum atomic E-state index is 13.2. The molecule has 1 aliphatic heterocycles. The lowest BCUT2D eigenvalue weighted by atomic mass is 10.0. The number of piperazine rings is 1. The molecule has 27 heavy (non-hydrogen) atoms. The molecule has 0 spiro atoms. The summed E-state index contributed by atoms with van der Waals surface area (Å²) in [6.45, 7) is 2.83. The number of hydrogen-bond acceptors (Lipinski definition) is 6. The van der Waals surface area contributed by atoms with Crippen molar-refractivity contribution in [1.29, 1.82) is 0 Å². The molecule has 1 atom stereocenters. The highest BCUT2D eigenvalue weighted by molar-refractivity contribution is 5.81. The fourth-order valence-corrected chi connectivity index (χ4v) is 3.35. The number of carbonyl (C=O) groups is 1. The summed E-state index contributed by atoms with van der Waals surface area (Å²) in [4.78, 5) is 21.7. The smallest absolute Gasteiger partial charge is 0.248 e. The van der Waals surface area contributed by atoms with Crippen LogP contribution in [0.2, 0.25) is 0 Å². The van der Waals surface area contributed by atoms with Gasteiger partial charge in [-0.3, -0.25) is 4.79 Å². The van der Waals surface area contributed by atoms with Crippen molar-refractivity contribution in [2.24, 2.45) is 0 Å². The van der Waals surface area contributed by atoms with Crippen molar-refractivity contribution in [3.05, 3.63) is 66.6 Å². The quantitative estimate of drug-likeness (QED) is 0.678. The Labute approximate surface area is 157 Å². The van der Waals surface area contributed by atoms with Gasteiger partial charge in [-0.15, -0.1) is 5.10 Å². The normalized spacial score (nSPS) is 15.6. The molecule has 3 aromatic rings. The molecule has 1 aromatic carbocycles. The second kappa shape index (κ2) is 7.94. The second-order valence-corrected chi connectivity index (χ2v) is 6.50. The number of tetrazole rings is 1. The monoisotopic (exact) mass is 363 g/mol. The van der Waals surface area contributed by atoms with Crippen molar-refractivity contribution in [3.8, 4) is 0 Å². The van der Waals surface area contributed by atoms with Gasteiger partial charge in [0.15, 0.2) is 0 Å². The third-order valence-corrected chi connectivity index (χ3v) is 4.81. The zero-order valence-corrected chi connectivity index (χ0v) is 14.9. The number of anilines is 1. The predicted molar refractivity (Wildman–Crippen MR) is 100 cm³/mol. The summed E-state index contributed by atoms with van der Waals surface area (Å²) in [6, 6.07) is 15.4. The summed E-state index contributed by atoms with van der Waals surface area (Å²) in [5.41, 5.74) is 1.08. The minimum atomic E-state index is -0.441. The van der Waals surface area contributed by atoms with Gasteiger partial charge in [0.2, 0.25) is 5.91 Å². The van der Waals surface area contributed by atoms with Crippen LogP contribution in [0.5, 0.6) is 0 Å². The molecule has 1 unspecified atom stereocenters. The van der Waals surface area contributed by atoms with E-state index in [-0.39, 0.29) is 5.91 Å². The number of pyridine rings is 1. The van der Waals surface area contributed by atoms with Crippen LogP contribution in [0, 0.1) is 0 Å². The first-order chi connectivity index (χ1) is 13.3. The maximum absolute atomic E-state index is 13.2. The molecule has 138 valence electrons. The standard InChI is InChI=1S/C19H21N7O/c27-19(25-12-10-24(11-13-25)18-8-4-5-9-20-18)17(26-15-21-22-23-26)14-16-6-2-1-3-7-16/h1-9,15,17H,10-14H2. The Morgan fingerprint density at radius 3 is 2.44 bits per heavy atom. The molecule has 1 fully saturated rings. The molecular formula is C19H21N7O. The molecule has 0 bridgehead atoms. The number of rotatable bonds is 5. The molecule has 1 saturated heterocycles. The van der Waals surface area contributed by atoms with Crippen LogP contribution in [0.25, 0.3) is 0 Å². The summed E-state index contributed by atoms with van der Waals surface area (Å²) in [5.74, 6) is 0.998. The molecule has 0 saturated carbocycles. The number of hydrogen-bond donors (Lipinski definition) is 0. The number of carbonyl (C=O) groups excluding carboxylic acids is 1. The van der Waals surface area contributed by atoms with Crippen molar-refractivity contribution in [2.45, 2.75) is 12.5 Å². The number of aromatic nitrogens is 5. The minimum absolute atomic E-state index is 0.0480. The number of amides is 1. The average molecular weight is 363 g/mol. The van der Waals surface area contributed by atoms with Crippen molar-refractivity contribution in [1.82, 2.24) is 30.1 Å². The molecule has 0 aliphatic carbocycles. The van der Waals surface area contributed by atoms with Gasteiger partial charge in [-0.25, -0.2) is 9.67 Å². The van der Waals surface area contributed by atoms with E-state index in [0.717, 1.165) is 24.5 Å². The Balaban J connectivity index is 1.46. The molecule has 8 heteroatoms.